The lowest BCUT2D eigenvalue weighted by Gasteiger charge is -2.16. The highest BCUT2D eigenvalue weighted by atomic mass is 35.5. The van der Waals surface area contributed by atoms with Crippen LogP contribution in [0.4, 0.5) is 0 Å². The summed E-state index contributed by atoms with van der Waals surface area (Å²) >= 11 is 0. The van der Waals surface area contributed by atoms with E-state index in [2.05, 4.69) is 15.6 Å². The van der Waals surface area contributed by atoms with Gasteiger partial charge in [0.1, 0.15) is 12.1 Å². The predicted octanol–water partition coefficient (Wildman–Crippen LogP) is -4.13. The maximum Gasteiger partial charge on any atom is 0.240 e. The fourth-order valence-corrected chi connectivity index (χ4v) is 1.42. The summed E-state index contributed by atoms with van der Waals surface area (Å²) in [6.45, 7) is -0.629. The van der Waals surface area contributed by atoms with Crippen molar-refractivity contribution in [3.63, 3.8) is 0 Å². The van der Waals surface area contributed by atoms with E-state index in [9.17, 15) is 14.4 Å². The Morgan fingerprint density at radius 3 is 2.26 bits per heavy atom. The molecule has 0 aromatic rings. The van der Waals surface area contributed by atoms with E-state index in [1.54, 1.807) is 0 Å². The third-order valence-electron chi connectivity index (χ3n) is 2.58. The zero-order chi connectivity index (χ0) is 17.1. The Morgan fingerprint density at radius 1 is 1.17 bits per heavy atom. The van der Waals surface area contributed by atoms with E-state index in [0.717, 1.165) is 0 Å². The molecule has 0 fully saturated rings. The molecule has 23 heavy (non-hydrogen) atoms. The minimum atomic E-state index is -1.11. The maximum atomic E-state index is 11.6. The fraction of sp³-hybridized carbons (Fsp3) is 0.636. The maximum absolute atomic E-state index is 11.6. The van der Waals surface area contributed by atoms with Gasteiger partial charge in [-0.25, -0.2) is 0 Å². The number of aliphatic imine (C=N–C) groups is 1. The molecule has 0 aromatic carbocycles. The molecule has 0 rings (SSSR count). The van der Waals surface area contributed by atoms with Crippen LogP contribution < -0.4 is 33.6 Å². The van der Waals surface area contributed by atoms with Crippen LogP contribution in [0.1, 0.15) is 12.8 Å². The van der Waals surface area contributed by atoms with E-state index in [4.69, 9.17) is 28.0 Å². The molecule has 0 bridgehead atoms. The summed E-state index contributed by atoms with van der Waals surface area (Å²) in [5.41, 5.74) is 20.7. The van der Waals surface area contributed by atoms with Gasteiger partial charge >= 0.3 is 0 Å². The summed E-state index contributed by atoms with van der Waals surface area (Å²) in [5, 5.41) is 13.3. The number of guanidine groups is 1. The summed E-state index contributed by atoms with van der Waals surface area (Å²) < 4.78 is 0. The lowest BCUT2D eigenvalue weighted by molar-refractivity contribution is -0.129. The molecule has 134 valence electrons. The van der Waals surface area contributed by atoms with Gasteiger partial charge in [-0.3, -0.25) is 19.4 Å². The van der Waals surface area contributed by atoms with Crippen LogP contribution in [-0.2, 0) is 14.4 Å². The van der Waals surface area contributed by atoms with Crippen LogP contribution in [-0.4, -0.2) is 60.6 Å². The van der Waals surface area contributed by atoms with Crippen LogP contribution in [0.25, 0.3) is 0 Å². The summed E-state index contributed by atoms with van der Waals surface area (Å²) in [5.74, 6) is -2.07. The van der Waals surface area contributed by atoms with E-state index in [-0.39, 0.29) is 31.3 Å². The summed E-state index contributed by atoms with van der Waals surface area (Å²) in [6, 6.07) is -2.01. The summed E-state index contributed by atoms with van der Waals surface area (Å²) in [4.78, 5) is 37.9. The van der Waals surface area contributed by atoms with Gasteiger partial charge in [-0.05, 0) is 12.8 Å². The van der Waals surface area contributed by atoms with E-state index < -0.39 is 36.4 Å². The van der Waals surface area contributed by atoms with E-state index in [1.807, 2.05) is 0 Å². The average molecular weight is 354 g/mol. The molecule has 12 heteroatoms. The van der Waals surface area contributed by atoms with Crippen molar-refractivity contribution in [2.75, 3.05) is 19.7 Å². The standard InChI is InChI=1S/C11H23N7O4.ClH/c12-6(5-19)10(22)17-4-8(20)18-7(9(13)21)2-1-3-16-11(14)15;/h6-7,19H,1-5,12H2,(H2,13,21)(H,17,22)(H,18,20)(H4,14,15,16);1H. The second kappa shape index (κ2) is 12.4. The molecule has 0 heterocycles. The minimum absolute atomic E-state index is 0. The Bertz CT molecular complexity index is 429. The molecule has 2 atom stereocenters. The highest BCUT2D eigenvalue weighted by molar-refractivity contribution is 5.90. The molecular formula is C11H24ClN7O4. The number of halogens is 1. The minimum Gasteiger partial charge on any atom is -0.394 e. The highest BCUT2D eigenvalue weighted by Gasteiger charge is 2.19. The zero-order valence-electron chi connectivity index (χ0n) is 12.5. The third-order valence-corrected chi connectivity index (χ3v) is 2.58. The number of carbonyl (C=O) groups is 3. The van der Waals surface area contributed by atoms with Crippen LogP contribution in [0, 0.1) is 0 Å². The van der Waals surface area contributed by atoms with Gasteiger partial charge in [-0.1, -0.05) is 0 Å². The first-order valence-corrected chi connectivity index (χ1v) is 6.56. The van der Waals surface area contributed by atoms with Crippen LogP contribution >= 0.6 is 12.4 Å². The third kappa shape index (κ3) is 11.2. The number of hydrogen-bond acceptors (Lipinski definition) is 6. The molecule has 11 N–H and O–H groups in total. The number of primary amides is 1. The first kappa shape index (κ1) is 23.2. The lowest BCUT2D eigenvalue weighted by atomic mass is 10.1. The van der Waals surface area contributed by atoms with Crippen LogP contribution in [0.15, 0.2) is 4.99 Å². The Balaban J connectivity index is 0. The first-order chi connectivity index (χ1) is 10.3. The second-order valence-corrected chi connectivity index (χ2v) is 4.48. The molecule has 0 radical (unpaired) electrons. The number of amides is 3. The Labute approximate surface area is 139 Å². The fourth-order valence-electron chi connectivity index (χ4n) is 1.42. The molecule has 0 aliphatic rings. The number of nitrogens with one attached hydrogen (secondary N) is 2. The van der Waals surface area contributed by atoms with Gasteiger partial charge in [-0.15, -0.1) is 12.4 Å². The summed E-state index contributed by atoms with van der Waals surface area (Å²) in [7, 11) is 0. The van der Waals surface area contributed by atoms with Crippen molar-refractivity contribution in [2.45, 2.75) is 24.9 Å². The Hall–Kier alpha value is -2.11. The molecule has 0 aliphatic heterocycles. The molecule has 0 saturated carbocycles. The Morgan fingerprint density at radius 2 is 1.78 bits per heavy atom. The number of aliphatic hydroxyl groups is 1. The zero-order valence-corrected chi connectivity index (χ0v) is 13.3. The van der Waals surface area contributed by atoms with Crippen molar-refractivity contribution in [2.24, 2.45) is 27.9 Å². The molecule has 0 spiro atoms. The lowest BCUT2D eigenvalue weighted by Crippen LogP contribution is -2.50. The van der Waals surface area contributed by atoms with Crippen LogP contribution in [0.5, 0.6) is 0 Å². The van der Waals surface area contributed by atoms with Crippen molar-refractivity contribution in [3.8, 4) is 0 Å². The van der Waals surface area contributed by atoms with Crippen molar-refractivity contribution in [1.82, 2.24) is 10.6 Å². The first-order valence-electron chi connectivity index (χ1n) is 6.56. The van der Waals surface area contributed by atoms with Gasteiger partial charge in [0.2, 0.25) is 17.7 Å². The van der Waals surface area contributed by atoms with Crippen molar-refractivity contribution < 1.29 is 19.5 Å². The van der Waals surface area contributed by atoms with Crippen LogP contribution in [0.3, 0.4) is 0 Å². The topological polar surface area (TPSA) is 212 Å². The van der Waals surface area contributed by atoms with Crippen molar-refractivity contribution in [1.29, 1.82) is 0 Å². The smallest absolute Gasteiger partial charge is 0.240 e. The van der Waals surface area contributed by atoms with Gasteiger partial charge in [0.15, 0.2) is 5.96 Å². The van der Waals surface area contributed by atoms with Gasteiger partial charge in [0.05, 0.1) is 13.2 Å². The second-order valence-electron chi connectivity index (χ2n) is 4.48. The average Bonchev–Trinajstić information content (AvgIpc) is 2.46. The van der Waals surface area contributed by atoms with Gasteiger partial charge in [-0.2, -0.15) is 0 Å². The van der Waals surface area contributed by atoms with Crippen LogP contribution in [0.2, 0.25) is 0 Å². The molecular weight excluding hydrogens is 330 g/mol. The highest BCUT2D eigenvalue weighted by Crippen LogP contribution is 1.97. The van der Waals surface area contributed by atoms with Gasteiger partial charge in [0.25, 0.3) is 0 Å². The van der Waals surface area contributed by atoms with E-state index in [0.29, 0.717) is 13.0 Å². The molecule has 11 nitrogen and oxygen atoms in total. The number of carbonyl (C=O) groups excluding carboxylic acids is 3. The quantitative estimate of drug-likeness (QED) is 0.117. The number of nitrogens with zero attached hydrogens (tertiary/aromatic N) is 1. The van der Waals surface area contributed by atoms with Gasteiger partial charge in [0, 0.05) is 6.54 Å². The monoisotopic (exact) mass is 353 g/mol. The normalized spacial score (nSPS) is 12.3. The number of rotatable bonds is 10. The predicted molar refractivity (Wildman–Crippen MR) is 86.4 cm³/mol. The molecule has 0 saturated heterocycles. The van der Waals surface area contributed by atoms with Crippen molar-refractivity contribution >= 4 is 36.1 Å². The number of aliphatic hydroxyl groups excluding tert-OH is 1. The van der Waals surface area contributed by atoms with E-state index in [1.165, 1.54) is 0 Å². The van der Waals surface area contributed by atoms with E-state index >= 15 is 0 Å². The summed E-state index contributed by atoms with van der Waals surface area (Å²) in [6.07, 6.45) is 0.690. The van der Waals surface area contributed by atoms with Gasteiger partial charge < -0.3 is 38.7 Å². The molecule has 2 unspecified atom stereocenters. The molecule has 0 aromatic heterocycles. The Kier molecular flexibility index (Phi) is 12.5. The van der Waals surface area contributed by atoms with Crippen molar-refractivity contribution in [3.05, 3.63) is 0 Å². The molecule has 0 aliphatic carbocycles. The largest absolute Gasteiger partial charge is 0.394 e. The molecule has 3 amide bonds. The number of nitrogens with two attached hydrogens (primary N) is 4. The number of hydrogen-bond donors (Lipinski definition) is 7. The SMILES string of the molecule is Cl.NC(=O)C(CCCN=C(N)N)NC(=O)CNC(=O)C(N)CO.